The van der Waals surface area contributed by atoms with Gasteiger partial charge in [-0.05, 0) is 52.1 Å². The maximum absolute atomic E-state index is 5.43. The minimum atomic E-state index is 0.709. The van der Waals surface area contributed by atoms with E-state index < -0.39 is 0 Å². The molecule has 1 fully saturated rings. The van der Waals surface area contributed by atoms with Crippen LogP contribution in [0.5, 0.6) is 0 Å². The molecule has 2 rings (SSSR count). The number of aromatic nitrogens is 1. The first-order chi connectivity index (χ1) is 12.7. The molecule has 1 aliphatic heterocycles. The fourth-order valence-corrected chi connectivity index (χ4v) is 3.67. The zero-order valence-corrected chi connectivity index (χ0v) is 17.1. The summed E-state index contributed by atoms with van der Waals surface area (Å²) in [5, 5.41) is 11.0. The van der Waals surface area contributed by atoms with Crippen molar-refractivity contribution in [2.75, 3.05) is 26.7 Å². The lowest BCUT2D eigenvalue weighted by atomic mass is 10.0. The molecule has 2 heterocycles. The van der Waals surface area contributed by atoms with Crippen LogP contribution in [0.4, 0.5) is 0 Å². The zero-order valence-electron chi connectivity index (χ0n) is 17.1. The van der Waals surface area contributed by atoms with Gasteiger partial charge in [-0.1, -0.05) is 25.4 Å². The summed E-state index contributed by atoms with van der Waals surface area (Å²) < 4.78 is 5.43. The van der Waals surface area contributed by atoms with Crippen molar-refractivity contribution in [3.05, 3.63) is 17.0 Å². The fraction of sp³-hybridized carbons (Fsp3) is 0.800. The maximum atomic E-state index is 5.43. The number of hydrogen-bond donors (Lipinski definition) is 2. The van der Waals surface area contributed by atoms with Crippen molar-refractivity contribution in [2.24, 2.45) is 4.99 Å². The number of piperidine rings is 1. The molecule has 1 aromatic heterocycles. The third kappa shape index (κ3) is 6.01. The van der Waals surface area contributed by atoms with Crippen LogP contribution in [-0.4, -0.2) is 48.7 Å². The maximum Gasteiger partial charge on any atom is 0.191 e. The summed E-state index contributed by atoms with van der Waals surface area (Å²) in [7, 11) is 1.82. The second-order valence-corrected chi connectivity index (χ2v) is 7.18. The Morgan fingerprint density at radius 1 is 1.23 bits per heavy atom. The molecule has 6 heteroatoms. The van der Waals surface area contributed by atoms with Crippen LogP contribution in [0.3, 0.4) is 0 Å². The quantitative estimate of drug-likeness (QED) is 0.401. The Balaban J connectivity index is 1.67. The molecule has 1 unspecified atom stereocenters. The van der Waals surface area contributed by atoms with Crippen molar-refractivity contribution in [1.82, 2.24) is 20.7 Å². The number of aryl methyl sites for hydroxylation is 2. The van der Waals surface area contributed by atoms with Crippen molar-refractivity contribution in [3.8, 4) is 0 Å². The van der Waals surface area contributed by atoms with Gasteiger partial charge < -0.3 is 20.1 Å². The normalized spacial score (nSPS) is 18.9. The topological polar surface area (TPSA) is 65.7 Å². The van der Waals surface area contributed by atoms with Gasteiger partial charge in [0.05, 0.1) is 5.69 Å². The first kappa shape index (κ1) is 20.7. The van der Waals surface area contributed by atoms with Crippen LogP contribution in [0.15, 0.2) is 9.52 Å². The largest absolute Gasteiger partial charge is 0.361 e. The van der Waals surface area contributed by atoms with Gasteiger partial charge in [0.2, 0.25) is 0 Å². The van der Waals surface area contributed by atoms with Gasteiger partial charge in [-0.15, -0.1) is 0 Å². The second-order valence-electron chi connectivity index (χ2n) is 7.18. The summed E-state index contributed by atoms with van der Waals surface area (Å²) >= 11 is 0. The fourth-order valence-electron chi connectivity index (χ4n) is 3.67. The Labute approximate surface area is 158 Å². The van der Waals surface area contributed by atoms with Crippen LogP contribution in [-0.2, 0) is 19.4 Å². The second kappa shape index (κ2) is 11.2. The van der Waals surface area contributed by atoms with Gasteiger partial charge in [0.15, 0.2) is 5.96 Å². The van der Waals surface area contributed by atoms with Crippen LogP contribution in [0.1, 0.15) is 69.9 Å². The molecule has 6 nitrogen and oxygen atoms in total. The molecule has 0 spiro atoms. The van der Waals surface area contributed by atoms with Gasteiger partial charge in [-0.3, -0.25) is 4.99 Å². The number of aliphatic imine (C=N–C) groups is 1. The lowest BCUT2D eigenvalue weighted by molar-refractivity contribution is 0.158. The lowest BCUT2D eigenvalue weighted by Gasteiger charge is -2.33. The molecule has 1 aliphatic rings. The molecule has 1 aromatic rings. The van der Waals surface area contributed by atoms with E-state index in [1.54, 1.807) is 0 Å². The van der Waals surface area contributed by atoms with Crippen molar-refractivity contribution in [3.63, 3.8) is 0 Å². The Bertz CT molecular complexity index is 533. The van der Waals surface area contributed by atoms with E-state index in [1.165, 1.54) is 44.3 Å². The molecule has 1 saturated heterocycles. The molecule has 2 N–H and O–H groups in total. The molecular weight excluding hydrogens is 326 g/mol. The van der Waals surface area contributed by atoms with Gasteiger partial charge >= 0.3 is 0 Å². The van der Waals surface area contributed by atoms with Gasteiger partial charge in [-0.2, -0.15) is 0 Å². The number of likely N-dealkylation sites (tertiary alicyclic amines) is 1. The Morgan fingerprint density at radius 2 is 2.08 bits per heavy atom. The van der Waals surface area contributed by atoms with Crippen molar-refractivity contribution in [2.45, 2.75) is 78.3 Å². The average molecular weight is 364 g/mol. The summed E-state index contributed by atoms with van der Waals surface area (Å²) in [5.41, 5.74) is 2.22. The average Bonchev–Trinajstić information content (AvgIpc) is 3.07. The SMILES string of the molecule is CCc1noc(CC)c1CNC(=NC)NCCCCN1CCCCC1C. The smallest absolute Gasteiger partial charge is 0.191 e. The molecule has 26 heavy (non-hydrogen) atoms. The van der Waals surface area contributed by atoms with E-state index in [0.717, 1.165) is 49.3 Å². The summed E-state index contributed by atoms with van der Waals surface area (Å²) in [5.74, 6) is 1.82. The third-order valence-corrected chi connectivity index (χ3v) is 5.37. The Kier molecular flexibility index (Phi) is 8.95. The highest BCUT2D eigenvalue weighted by Gasteiger charge is 2.17. The molecule has 148 valence electrons. The van der Waals surface area contributed by atoms with Crippen LogP contribution >= 0.6 is 0 Å². The highest BCUT2D eigenvalue weighted by atomic mass is 16.5. The minimum Gasteiger partial charge on any atom is -0.361 e. The van der Waals surface area contributed by atoms with E-state index in [-0.39, 0.29) is 0 Å². The van der Waals surface area contributed by atoms with E-state index >= 15 is 0 Å². The van der Waals surface area contributed by atoms with E-state index in [1.807, 2.05) is 7.05 Å². The summed E-state index contributed by atoms with van der Waals surface area (Å²) in [6.45, 7) is 10.7. The van der Waals surface area contributed by atoms with Gasteiger partial charge in [-0.25, -0.2) is 0 Å². The third-order valence-electron chi connectivity index (χ3n) is 5.37. The Morgan fingerprint density at radius 3 is 2.77 bits per heavy atom. The van der Waals surface area contributed by atoms with Gasteiger partial charge in [0.1, 0.15) is 5.76 Å². The van der Waals surface area contributed by atoms with E-state index in [0.29, 0.717) is 6.54 Å². The summed E-state index contributed by atoms with van der Waals surface area (Å²) in [6, 6.07) is 0.759. The molecule has 0 bridgehead atoms. The highest BCUT2D eigenvalue weighted by Crippen LogP contribution is 2.17. The highest BCUT2D eigenvalue weighted by molar-refractivity contribution is 5.79. The van der Waals surface area contributed by atoms with Crippen LogP contribution < -0.4 is 10.6 Å². The van der Waals surface area contributed by atoms with Crippen molar-refractivity contribution >= 4 is 5.96 Å². The summed E-state index contributed by atoms with van der Waals surface area (Å²) in [6.07, 6.45) is 8.27. The summed E-state index contributed by atoms with van der Waals surface area (Å²) in [4.78, 5) is 6.97. The molecule has 0 radical (unpaired) electrons. The molecule has 0 amide bonds. The number of nitrogens with zero attached hydrogens (tertiary/aromatic N) is 3. The standard InChI is InChI=1S/C20H37N5O/c1-5-18-17(19(6-2)26-24-18)15-23-20(21-4)22-12-8-10-14-25-13-9-7-11-16(25)3/h16H,5-15H2,1-4H3,(H2,21,22,23). The Hall–Kier alpha value is -1.56. The molecule has 0 saturated carbocycles. The first-order valence-corrected chi connectivity index (χ1v) is 10.3. The van der Waals surface area contributed by atoms with Crippen molar-refractivity contribution < 1.29 is 4.52 Å². The number of hydrogen-bond acceptors (Lipinski definition) is 4. The minimum absolute atomic E-state index is 0.709. The number of rotatable bonds is 9. The van der Waals surface area contributed by atoms with Gasteiger partial charge in [0.25, 0.3) is 0 Å². The van der Waals surface area contributed by atoms with Crippen LogP contribution in [0, 0.1) is 0 Å². The van der Waals surface area contributed by atoms with Crippen LogP contribution in [0.25, 0.3) is 0 Å². The van der Waals surface area contributed by atoms with Crippen LogP contribution in [0.2, 0.25) is 0 Å². The predicted molar refractivity (Wildman–Crippen MR) is 108 cm³/mol. The molecule has 1 atom stereocenters. The number of guanidine groups is 1. The number of nitrogens with one attached hydrogen (secondary N) is 2. The molecular formula is C20H37N5O. The van der Waals surface area contributed by atoms with E-state index in [9.17, 15) is 0 Å². The molecule has 0 aliphatic carbocycles. The number of unbranched alkanes of at least 4 members (excludes halogenated alkanes) is 1. The molecule has 0 aromatic carbocycles. The zero-order chi connectivity index (χ0) is 18.8. The predicted octanol–water partition coefficient (Wildman–Crippen LogP) is 3.12. The lowest BCUT2D eigenvalue weighted by Crippen LogP contribution is -2.39. The first-order valence-electron chi connectivity index (χ1n) is 10.3. The van der Waals surface area contributed by atoms with E-state index in [2.05, 4.69) is 46.5 Å². The monoisotopic (exact) mass is 363 g/mol. The van der Waals surface area contributed by atoms with E-state index in [4.69, 9.17) is 4.52 Å². The van der Waals surface area contributed by atoms with Crippen molar-refractivity contribution in [1.29, 1.82) is 0 Å². The van der Waals surface area contributed by atoms with Gasteiger partial charge in [0, 0.05) is 38.2 Å².